The Labute approximate surface area is 140 Å². The van der Waals surface area contributed by atoms with Crippen LogP contribution in [0, 0.1) is 13.8 Å². The molecule has 2 N–H and O–H groups in total. The molecule has 0 saturated heterocycles. The van der Waals surface area contributed by atoms with Crippen LogP contribution in [0.4, 0.5) is 11.4 Å². The smallest absolute Gasteiger partial charge is 0.225 e. The fraction of sp³-hybridized carbons (Fsp3) is 0.111. The first kappa shape index (κ1) is 16.3. The third kappa shape index (κ3) is 3.20. The van der Waals surface area contributed by atoms with Gasteiger partial charge in [-0.05, 0) is 42.5 Å². The third-order valence-electron chi connectivity index (χ3n) is 3.87. The van der Waals surface area contributed by atoms with E-state index in [1.807, 2.05) is 50.2 Å². The molecule has 0 amide bonds. The van der Waals surface area contributed by atoms with Gasteiger partial charge in [0, 0.05) is 5.39 Å². The highest BCUT2D eigenvalue weighted by atomic mass is 32.2. The monoisotopic (exact) mass is 339 g/mol. The molecule has 5 nitrogen and oxygen atoms in total. The van der Waals surface area contributed by atoms with Gasteiger partial charge in [-0.3, -0.25) is 0 Å². The zero-order chi connectivity index (χ0) is 17.3. The maximum atomic E-state index is 11.5. The Hall–Kier alpha value is -2.57. The normalized spacial score (nSPS) is 12.1. The van der Waals surface area contributed by atoms with Crippen LogP contribution in [0.1, 0.15) is 11.1 Å². The molecule has 0 aliphatic carbocycles. The minimum absolute atomic E-state index is 0.0247. The molecule has 0 spiro atoms. The summed E-state index contributed by atoms with van der Waals surface area (Å²) in [7, 11) is -3.77. The van der Waals surface area contributed by atoms with Gasteiger partial charge in [0.25, 0.3) is 0 Å². The molecule has 0 aliphatic heterocycles. The van der Waals surface area contributed by atoms with E-state index < -0.39 is 10.0 Å². The lowest BCUT2D eigenvalue weighted by Crippen LogP contribution is -2.11. The van der Waals surface area contributed by atoms with E-state index in [9.17, 15) is 8.42 Å². The van der Waals surface area contributed by atoms with Crippen LogP contribution in [-0.4, -0.2) is 8.42 Å². The number of nitrogens with zero attached hydrogens (tertiary/aromatic N) is 2. The SMILES string of the molecule is Cc1ccc(S(N)(=O)=O)cc1N=Nc1c(C)ccc2ccccc12. The largest absolute Gasteiger partial charge is 0.238 e. The summed E-state index contributed by atoms with van der Waals surface area (Å²) in [5, 5.41) is 15.9. The number of sulfonamides is 1. The molecular formula is C18H17N3O2S. The summed E-state index contributed by atoms with van der Waals surface area (Å²) in [4.78, 5) is 0.0247. The van der Waals surface area contributed by atoms with Crippen LogP contribution in [0.3, 0.4) is 0 Å². The molecular weight excluding hydrogens is 322 g/mol. The quantitative estimate of drug-likeness (QED) is 0.711. The maximum absolute atomic E-state index is 11.5. The molecule has 3 rings (SSSR count). The van der Waals surface area contributed by atoms with Crippen LogP contribution >= 0.6 is 0 Å². The lowest BCUT2D eigenvalue weighted by molar-refractivity contribution is 0.598. The highest BCUT2D eigenvalue weighted by Crippen LogP contribution is 2.32. The number of hydrogen-bond donors (Lipinski definition) is 1. The Morgan fingerprint density at radius 3 is 2.33 bits per heavy atom. The van der Waals surface area contributed by atoms with Crippen molar-refractivity contribution in [3.8, 4) is 0 Å². The Bertz CT molecular complexity index is 1060. The van der Waals surface area contributed by atoms with Crippen LogP contribution in [0.15, 0.2) is 69.7 Å². The van der Waals surface area contributed by atoms with Gasteiger partial charge < -0.3 is 0 Å². The van der Waals surface area contributed by atoms with Crippen LogP contribution in [0.25, 0.3) is 10.8 Å². The third-order valence-corrected chi connectivity index (χ3v) is 4.78. The summed E-state index contributed by atoms with van der Waals surface area (Å²) >= 11 is 0. The van der Waals surface area contributed by atoms with Gasteiger partial charge in [0.1, 0.15) is 0 Å². The molecule has 0 bridgehead atoms. The number of azo groups is 1. The van der Waals surface area contributed by atoms with Gasteiger partial charge in [-0.1, -0.05) is 42.5 Å². The second-order valence-electron chi connectivity index (χ2n) is 5.65. The van der Waals surface area contributed by atoms with Gasteiger partial charge in [-0.2, -0.15) is 5.11 Å². The topological polar surface area (TPSA) is 84.9 Å². The summed E-state index contributed by atoms with van der Waals surface area (Å²) in [5.41, 5.74) is 3.07. The number of nitrogens with two attached hydrogens (primary N) is 1. The number of rotatable bonds is 3. The summed E-state index contributed by atoms with van der Waals surface area (Å²) in [6.45, 7) is 3.81. The van der Waals surface area contributed by atoms with E-state index in [0.717, 1.165) is 27.6 Å². The van der Waals surface area contributed by atoms with Crippen molar-refractivity contribution in [2.24, 2.45) is 15.4 Å². The average Bonchev–Trinajstić information content (AvgIpc) is 2.54. The van der Waals surface area contributed by atoms with E-state index in [4.69, 9.17) is 5.14 Å². The zero-order valence-electron chi connectivity index (χ0n) is 13.4. The highest BCUT2D eigenvalue weighted by molar-refractivity contribution is 7.89. The molecule has 24 heavy (non-hydrogen) atoms. The van der Waals surface area contributed by atoms with E-state index in [1.54, 1.807) is 6.07 Å². The van der Waals surface area contributed by atoms with Crippen molar-refractivity contribution in [2.45, 2.75) is 18.7 Å². The molecule has 0 aromatic heterocycles. The van der Waals surface area contributed by atoms with E-state index in [0.29, 0.717) is 5.69 Å². The molecule has 0 heterocycles. The van der Waals surface area contributed by atoms with Crippen molar-refractivity contribution in [1.29, 1.82) is 0 Å². The molecule has 0 aliphatic rings. The molecule has 6 heteroatoms. The van der Waals surface area contributed by atoms with E-state index in [2.05, 4.69) is 10.2 Å². The minimum Gasteiger partial charge on any atom is -0.225 e. The molecule has 0 radical (unpaired) electrons. The van der Waals surface area contributed by atoms with Gasteiger partial charge in [0.2, 0.25) is 10.0 Å². The van der Waals surface area contributed by atoms with Crippen molar-refractivity contribution in [3.63, 3.8) is 0 Å². The number of fused-ring (bicyclic) bond motifs is 1. The predicted octanol–water partition coefficient (Wildman–Crippen LogP) is 4.52. The number of hydrogen-bond acceptors (Lipinski definition) is 4. The number of aryl methyl sites for hydroxylation is 2. The molecule has 3 aromatic rings. The highest BCUT2D eigenvalue weighted by Gasteiger charge is 2.10. The Morgan fingerprint density at radius 1 is 0.875 bits per heavy atom. The molecule has 0 atom stereocenters. The van der Waals surface area contributed by atoms with Crippen molar-refractivity contribution < 1.29 is 8.42 Å². The van der Waals surface area contributed by atoms with E-state index >= 15 is 0 Å². The second-order valence-corrected chi connectivity index (χ2v) is 7.21. The first-order valence-electron chi connectivity index (χ1n) is 7.40. The first-order chi connectivity index (χ1) is 11.4. The standard InChI is InChI=1S/C18H17N3O2S/c1-12-8-10-15(24(19,22)23)11-17(12)20-21-18-13(2)7-9-14-5-3-4-6-16(14)18/h3-11H,1-2H3,(H2,19,22,23). The zero-order valence-corrected chi connectivity index (χ0v) is 14.2. The number of benzene rings is 3. The first-order valence-corrected chi connectivity index (χ1v) is 8.94. The molecule has 122 valence electrons. The predicted molar refractivity (Wildman–Crippen MR) is 95.4 cm³/mol. The Morgan fingerprint density at radius 2 is 1.58 bits per heavy atom. The second kappa shape index (κ2) is 6.14. The summed E-state index contributed by atoms with van der Waals surface area (Å²) in [5.74, 6) is 0. The summed E-state index contributed by atoms with van der Waals surface area (Å²) < 4.78 is 23.0. The van der Waals surface area contributed by atoms with Gasteiger partial charge in [-0.15, -0.1) is 5.11 Å². The van der Waals surface area contributed by atoms with E-state index in [1.165, 1.54) is 12.1 Å². The van der Waals surface area contributed by atoms with Crippen LogP contribution in [0.5, 0.6) is 0 Å². The number of primary sulfonamides is 1. The van der Waals surface area contributed by atoms with Crippen molar-refractivity contribution in [3.05, 3.63) is 65.7 Å². The molecule has 0 saturated carbocycles. The lowest BCUT2D eigenvalue weighted by atomic mass is 10.1. The molecule has 0 unspecified atom stereocenters. The fourth-order valence-corrected chi connectivity index (χ4v) is 3.01. The molecule has 0 fully saturated rings. The van der Waals surface area contributed by atoms with Crippen LogP contribution < -0.4 is 5.14 Å². The van der Waals surface area contributed by atoms with E-state index in [-0.39, 0.29) is 4.90 Å². The van der Waals surface area contributed by atoms with Crippen molar-refractivity contribution in [2.75, 3.05) is 0 Å². The Kier molecular flexibility index (Phi) is 4.17. The summed E-state index contributed by atoms with van der Waals surface area (Å²) in [6, 6.07) is 16.5. The lowest BCUT2D eigenvalue weighted by Gasteiger charge is -2.06. The minimum atomic E-state index is -3.77. The van der Waals surface area contributed by atoms with Gasteiger partial charge in [-0.25, -0.2) is 13.6 Å². The Balaban J connectivity index is 2.11. The van der Waals surface area contributed by atoms with Gasteiger partial charge in [0.05, 0.1) is 16.3 Å². The van der Waals surface area contributed by atoms with Crippen molar-refractivity contribution >= 4 is 32.2 Å². The van der Waals surface area contributed by atoms with Crippen LogP contribution in [-0.2, 0) is 10.0 Å². The van der Waals surface area contributed by atoms with Crippen molar-refractivity contribution in [1.82, 2.24) is 0 Å². The van der Waals surface area contributed by atoms with Gasteiger partial charge in [0.15, 0.2) is 0 Å². The fourth-order valence-electron chi connectivity index (χ4n) is 2.47. The summed E-state index contributed by atoms with van der Waals surface area (Å²) in [6.07, 6.45) is 0. The van der Waals surface area contributed by atoms with Gasteiger partial charge >= 0.3 is 0 Å². The average molecular weight is 339 g/mol. The molecule has 3 aromatic carbocycles. The maximum Gasteiger partial charge on any atom is 0.238 e. The van der Waals surface area contributed by atoms with Crippen LogP contribution in [0.2, 0.25) is 0 Å².